The van der Waals surface area contributed by atoms with E-state index in [0.717, 1.165) is 66.5 Å². The van der Waals surface area contributed by atoms with Gasteiger partial charge in [0.1, 0.15) is 11.5 Å². The van der Waals surface area contributed by atoms with Crippen LogP contribution < -0.4 is 5.56 Å². The number of aryl methyl sites for hydroxylation is 2. The Labute approximate surface area is 156 Å². The number of fused-ring (bicyclic) bond motifs is 2. The molecule has 4 heterocycles. The van der Waals surface area contributed by atoms with E-state index in [0.29, 0.717) is 11.6 Å². The van der Waals surface area contributed by atoms with E-state index in [1.165, 1.54) is 0 Å². The average molecular weight is 372 g/mol. The molecule has 0 fully saturated rings. The highest BCUT2D eigenvalue weighted by molar-refractivity contribution is 6.30. The van der Waals surface area contributed by atoms with E-state index in [9.17, 15) is 4.79 Å². The van der Waals surface area contributed by atoms with Crippen molar-refractivity contribution in [2.24, 2.45) is 0 Å². The quantitative estimate of drug-likeness (QED) is 0.765. The molecule has 0 saturated carbocycles. The summed E-state index contributed by atoms with van der Waals surface area (Å²) in [6.07, 6.45) is 4.49. The van der Waals surface area contributed by atoms with E-state index in [1.54, 1.807) is 0 Å². The highest BCUT2D eigenvalue weighted by atomic mass is 35.5. The molecule has 0 aromatic carbocycles. The Balaban J connectivity index is 1.61. The van der Waals surface area contributed by atoms with Crippen LogP contribution in [0.25, 0.3) is 5.65 Å². The normalized spacial score (nSPS) is 14.7. The minimum atomic E-state index is 0.000980. The molecule has 1 N–H and O–H groups in total. The Morgan fingerprint density at radius 1 is 1.31 bits per heavy atom. The first-order chi connectivity index (χ1) is 12.5. The van der Waals surface area contributed by atoms with Crippen LogP contribution in [0.15, 0.2) is 23.1 Å². The summed E-state index contributed by atoms with van der Waals surface area (Å²) in [5.74, 6) is 0.803. The van der Waals surface area contributed by atoms with Gasteiger partial charge < -0.3 is 9.38 Å². The van der Waals surface area contributed by atoms with Crippen molar-refractivity contribution in [3.8, 4) is 0 Å². The van der Waals surface area contributed by atoms with Crippen molar-refractivity contribution in [1.29, 1.82) is 0 Å². The van der Waals surface area contributed by atoms with Crippen molar-refractivity contribution in [2.45, 2.75) is 46.2 Å². The number of imidazole rings is 1. The molecular weight excluding hydrogens is 350 g/mol. The lowest BCUT2D eigenvalue weighted by atomic mass is 10.1. The van der Waals surface area contributed by atoms with Crippen molar-refractivity contribution >= 4 is 17.2 Å². The minimum absolute atomic E-state index is 0.000980. The lowest BCUT2D eigenvalue weighted by Gasteiger charge is -2.27. The minimum Gasteiger partial charge on any atom is -0.310 e. The maximum Gasteiger partial charge on any atom is 0.255 e. The second-order valence-corrected chi connectivity index (χ2v) is 7.30. The van der Waals surface area contributed by atoms with Gasteiger partial charge in [0.05, 0.1) is 27.7 Å². The topological polar surface area (TPSA) is 66.3 Å². The molecule has 1 aliphatic rings. The van der Waals surface area contributed by atoms with Gasteiger partial charge in [-0.1, -0.05) is 18.5 Å². The van der Waals surface area contributed by atoms with Crippen LogP contribution in [0.4, 0.5) is 0 Å². The summed E-state index contributed by atoms with van der Waals surface area (Å²) in [5.41, 5.74) is 4.73. The zero-order valence-corrected chi connectivity index (χ0v) is 15.8. The first-order valence-corrected chi connectivity index (χ1v) is 9.39. The second kappa shape index (κ2) is 6.85. The van der Waals surface area contributed by atoms with E-state index >= 15 is 0 Å². The molecule has 0 amide bonds. The zero-order valence-electron chi connectivity index (χ0n) is 15.0. The van der Waals surface area contributed by atoms with Crippen molar-refractivity contribution in [3.05, 3.63) is 62.2 Å². The molecule has 3 aromatic heterocycles. The van der Waals surface area contributed by atoms with Crippen LogP contribution in [-0.2, 0) is 25.9 Å². The smallest absolute Gasteiger partial charge is 0.255 e. The molecule has 0 bridgehead atoms. The molecule has 7 heteroatoms. The van der Waals surface area contributed by atoms with Crippen LogP contribution in [-0.4, -0.2) is 30.8 Å². The predicted octanol–water partition coefficient (Wildman–Crippen LogP) is 2.89. The lowest BCUT2D eigenvalue weighted by molar-refractivity contribution is 0.237. The third-order valence-corrected chi connectivity index (χ3v) is 5.16. The molecule has 0 unspecified atom stereocenters. The number of rotatable bonds is 4. The molecule has 3 aromatic rings. The van der Waals surface area contributed by atoms with Gasteiger partial charge >= 0.3 is 0 Å². The maximum atomic E-state index is 12.5. The summed E-state index contributed by atoms with van der Waals surface area (Å²) in [6, 6.07) is 3.78. The van der Waals surface area contributed by atoms with Crippen molar-refractivity contribution < 1.29 is 0 Å². The molecule has 0 atom stereocenters. The van der Waals surface area contributed by atoms with Gasteiger partial charge in [0.25, 0.3) is 5.56 Å². The molecule has 0 aliphatic carbocycles. The largest absolute Gasteiger partial charge is 0.310 e. The Morgan fingerprint density at radius 2 is 2.15 bits per heavy atom. The molecule has 6 nitrogen and oxygen atoms in total. The summed E-state index contributed by atoms with van der Waals surface area (Å²) >= 11 is 6.15. The zero-order chi connectivity index (χ0) is 18.3. The van der Waals surface area contributed by atoms with Gasteiger partial charge in [-0.2, -0.15) is 0 Å². The number of hydrogen-bond donors (Lipinski definition) is 1. The highest BCUT2D eigenvalue weighted by Gasteiger charge is 2.23. The third kappa shape index (κ3) is 3.15. The van der Waals surface area contributed by atoms with Crippen LogP contribution in [0, 0.1) is 6.92 Å². The second-order valence-electron chi connectivity index (χ2n) is 6.87. The van der Waals surface area contributed by atoms with Crippen LogP contribution >= 0.6 is 11.6 Å². The number of halogens is 1. The van der Waals surface area contributed by atoms with Crippen LogP contribution in [0.5, 0.6) is 0 Å². The van der Waals surface area contributed by atoms with Crippen LogP contribution in [0.3, 0.4) is 0 Å². The Kier molecular flexibility index (Phi) is 4.54. The molecule has 26 heavy (non-hydrogen) atoms. The summed E-state index contributed by atoms with van der Waals surface area (Å²) in [5, 5.41) is 0.684. The lowest BCUT2D eigenvalue weighted by Crippen LogP contribution is -2.36. The highest BCUT2D eigenvalue weighted by Crippen LogP contribution is 2.21. The number of pyridine rings is 1. The third-order valence-electron chi connectivity index (χ3n) is 4.94. The number of H-pyrrole nitrogens is 1. The van der Waals surface area contributed by atoms with Crippen LogP contribution in [0.1, 0.15) is 41.8 Å². The van der Waals surface area contributed by atoms with Crippen LogP contribution in [0.2, 0.25) is 5.02 Å². The van der Waals surface area contributed by atoms with Gasteiger partial charge in [-0.3, -0.25) is 9.69 Å². The van der Waals surface area contributed by atoms with Gasteiger partial charge in [0.2, 0.25) is 0 Å². The molecule has 0 radical (unpaired) electrons. The first kappa shape index (κ1) is 17.2. The monoisotopic (exact) mass is 371 g/mol. The molecule has 4 rings (SSSR count). The van der Waals surface area contributed by atoms with Gasteiger partial charge in [-0.05, 0) is 25.5 Å². The average Bonchev–Trinajstić information content (AvgIpc) is 2.91. The Morgan fingerprint density at radius 3 is 2.96 bits per heavy atom. The fourth-order valence-corrected chi connectivity index (χ4v) is 3.77. The molecule has 1 aliphatic heterocycles. The van der Waals surface area contributed by atoms with E-state index in [-0.39, 0.29) is 5.56 Å². The van der Waals surface area contributed by atoms with Crippen molar-refractivity contribution in [2.75, 3.05) is 6.54 Å². The number of aromatic nitrogens is 4. The van der Waals surface area contributed by atoms with E-state index < -0.39 is 0 Å². The van der Waals surface area contributed by atoms with Gasteiger partial charge in [0.15, 0.2) is 0 Å². The predicted molar refractivity (Wildman–Crippen MR) is 102 cm³/mol. The number of aromatic amines is 1. The van der Waals surface area contributed by atoms with E-state index in [4.69, 9.17) is 11.6 Å². The molecular formula is C19H22ClN5O. The molecule has 0 saturated heterocycles. The summed E-state index contributed by atoms with van der Waals surface area (Å²) < 4.78 is 2.04. The fraction of sp³-hybridized carbons (Fsp3) is 0.421. The summed E-state index contributed by atoms with van der Waals surface area (Å²) in [7, 11) is 0. The molecule has 136 valence electrons. The summed E-state index contributed by atoms with van der Waals surface area (Å²) in [4.78, 5) is 27.0. The molecule has 0 spiro atoms. The van der Waals surface area contributed by atoms with Crippen molar-refractivity contribution in [1.82, 2.24) is 24.3 Å². The number of hydrogen-bond acceptors (Lipinski definition) is 4. The standard InChI is InChI=1S/C19H22ClN5O/c1-3-4-17-22-15-7-8-24(10-14(15)19(26)23-17)11-16-12(2)21-18-6-5-13(20)9-25(16)18/h5-6,9H,3-4,7-8,10-11H2,1-2H3,(H,22,23,26). The Bertz CT molecular complexity index is 1020. The first-order valence-electron chi connectivity index (χ1n) is 9.01. The van der Waals surface area contributed by atoms with Gasteiger partial charge in [-0.15, -0.1) is 0 Å². The summed E-state index contributed by atoms with van der Waals surface area (Å²) in [6.45, 7) is 6.31. The van der Waals surface area contributed by atoms with Gasteiger partial charge in [0, 0.05) is 38.7 Å². The number of nitrogens with one attached hydrogen (secondary N) is 1. The Hall–Kier alpha value is -2.18. The fourth-order valence-electron chi connectivity index (χ4n) is 3.61. The van der Waals surface area contributed by atoms with Gasteiger partial charge in [-0.25, -0.2) is 9.97 Å². The maximum absolute atomic E-state index is 12.5. The SMILES string of the molecule is CCCc1nc2c(c(=O)[nH]1)CN(Cc1c(C)nc3ccc(Cl)cn13)CC2. The number of nitrogens with zero attached hydrogens (tertiary/aromatic N) is 4. The van der Waals surface area contributed by atoms with Crippen molar-refractivity contribution in [3.63, 3.8) is 0 Å². The van der Waals surface area contributed by atoms with E-state index in [1.807, 2.05) is 29.7 Å². The van der Waals surface area contributed by atoms with E-state index in [2.05, 4.69) is 26.8 Å².